The highest BCUT2D eigenvalue weighted by Gasteiger charge is 2.34. The van der Waals surface area contributed by atoms with Crippen molar-refractivity contribution in [2.24, 2.45) is 16.8 Å². The second-order valence-electron chi connectivity index (χ2n) is 4.87. The lowest BCUT2D eigenvalue weighted by Gasteiger charge is -2.22. The molecule has 1 aliphatic carbocycles. The smallest absolute Gasteiger partial charge is 0.409 e. The van der Waals surface area contributed by atoms with Crippen LogP contribution in [-0.4, -0.2) is 29.6 Å². The van der Waals surface area contributed by atoms with E-state index in [1.54, 1.807) is 11.9 Å². The van der Waals surface area contributed by atoms with Crippen molar-refractivity contribution in [3.05, 3.63) is 23.4 Å². The summed E-state index contributed by atoms with van der Waals surface area (Å²) in [5, 5.41) is 11.5. The normalized spacial score (nSPS) is 16.3. The SMILES string of the molecule is CN(CC1CC1)c1nc(C(F)(F)F)ccc1C(N)=NO. The van der Waals surface area contributed by atoms with Gasteiger partial charge in [0.1, 0.15) is 11.5 Å². The highest BCUT2D eigenvalue weighted by Crippen LogP contribution is 2.33. The molecule has 1 aromatic rings. The van der Waals surface area contributed by atoms with Crippen LogP contribution in [0.1, 0.15) is 24.1 Å². The molecule has 20 heavy (non-hydrogen) atoms. The van der Waals surface area contributed by atoms with E-state index in [2.05, 4.69) is 10.1 Å². The van der Waals surface area contributed by atoms with Crippen LogP contribution in [0.15, 0.2) is 17.3 Å². The predicted octanol–water partition coefficient (Wildman–Crippen LogP) is 2.04. The van der Waals surface area contributed by atoms with Crippen LogP contribution in [0.3, 0.4) is 0 Å². The summed E-state index contributed by atoms with van der Waals surface area (Å²) in [7, 11) is 1.65. The maximum absolute atomic E-state index is 12.7. The third-order valence-corrected chi connectivity index (χ3v) is 3.14. The Hall–Kier alpha value is -1.99. The molecule has 0 aromatic carbocycles. The molecule has 110 valence electrons. The lowest BCUT2D eigenvalue weighted by molar-refractivity contribution is -0.141. The number of hydrogen-bond donors (Lipinski definition) is 2. The van der Waals surface area contributed by atoms with Crippen molar-refractivity contribution >= 4 is 11.7 Å². The van der Waals surface area contributed by atoms with Gasteiger partial charge in [-0.3, -0.25) is 0 Å². The quantitative estimate of drug-likeness (QED) is 0.385. The Morgan fingerprint density at radius 3 is 2.65 bits per heavy atom. The molecule has 0 unspecified atom stereocenters. The number of alkyl halides is 3. The molecule has 1 aromatic heterocycles. The van der Waals surface area contributed by atoms with E-state index < -0.39 is 11.9 Å². The fourth-order valence-corrected chi connectivity index (χ4v) is 1.93. The molecule has 1 saturated carbocycles. The Bertz CT molecular complexity index is 526. The third kappa shape index (κ3) is 3.12. The highest BCUT2D eigenvalue weighted by molar-refractivity contribution is 6.01. The molecule has 0 amide bonds. The van der Waals surface area contributed by atoms with Gasteiger partial charge >= 0.3 is 6.18 Å². The molecular formula is C12H15F3N4O. The van der Waals surface area contributed by atoms with Gasteiger partial charge in [0, 0.05) is 13.6 Å². The van der Waals surface area contributed by atoms with Crippen molar-refractivity contribution in [2.75, 3.05) is 18.5 Å². The van der Waals surface area contributed by atoms with Gasteiger partial charge in [-0.05, 0) is 30.9 Å². The van der Waals surface area contributed by atoms with Crippen molar-refractivity contribution in [3.8, 4) is 0 Å². The van der Waals surface area contributed by atoms with Crippen LogP contribution < -0.4 is 10.6 Å². The van der Waals surface area contributed by atoms with Crippen LogP contribution in [0, 0.1) is 5.92 Å². The third-order valence-electron chi connectivity index (χ3n) is 3.14. The van der Waals surface area contributed by atoms with Crippen molar-refractivity contribution in [1.29, 1.82) is 0 Å². The second-order valence-corrected chi connectivity index (χ2v) is 4.87. The number of nitrogens with two attached hydrogens (primary N) is 1. The van der Waals surface area contributed by atoms with Crippen LogP contribution in [0.4, 0.5) is 19.0 Å². The minimum absolute atomic E-state index is 0.0713. The van der Waals surface area contributed by atoms with Crippen LogP contribution in [0.5, 0.6) is 0 Å². The van der Waals surface area contributed by atoms with Crippen molar-refractivity contribution in [3.63, 3.8) is 0 Å². The summed E-state index contributed by atoms with van der Waals surface area (Å²) in [5.41, 5.74) is 4.68. The summed E-state index contributed by atoms with van der Waals surface area (Å²) in [6.07, 6.45) is -2.41. The van der Waals surface area contributed by atoms with E-state index in [1.807, 2.05) is 0 Å². The fourth-order valence-electron chi connectivity index (χ4n) is 1.93. The number of hydrogen-bond acceptors (Lipinski definition) is 4. The minimum Gasteiger partial charge on any atom is -0.409 e. The van der Waals surface area contributed by atoms with E-state index in [1.165, 1.54) is 6.07 Å². The Morgan fingerprint density at radius 2 is 2.15 bits per heavy atom. The number of pyridine rings is 1. The Labute approximate surface area is 113 Å². The van der Waals surface area contributed by atoms with Gasteiger partial charge in [-0.25, -0.2) is 4.98 Å². The van der Waals surface area contributed by atoms with Crippen LogP contribution in [0.2, 0.25) is 0 Å². The molecule has 0 atom stereocenters. The summed E-state index contributed by atoms with van der Waals surface area (Å²) in [6.45, 7) is 0.597. The van der Waals surface area contributed by atoms with Gasteiger partial charge in [-0.1, -0.05) is 5.16 Å². The second kappa shape index (κ2) is 5.18. The van der Waals surface area contributed by atoms with Gasteiger partial charge in [0.15, 0.2) is 5.84 Å². The molecule has 3 N–H and O–H groups in total. The standard InChI is InChI=1S/C12H15F3N4O/c1-19(6-7-2-3-7)11-8(10(16)18-20)4-5-9(17-11)12(13,14)15/h4-5,7,20H,2-3,6H2,1H3,(H2,16,18). The molecule has 0 radical (unpaired) electrons. The van der Waals surface area contributed by atoms with Gasteiger partial charge in [0.25, 0.3) is 0 Å². The molecule has 0 aliphatic heterocycles. The van der Waals surface area contributed by atoms with Gasteiger partial charge in [-0.2, -0.15) is 13.2 Å². The summed E-state index contributed by atoms with van der Waals surface area (Å²) >= 11 is 0. The van der Waals surface area contributed by atoms with Gasteiger partial charge < -0.3 is 15.8 Å². The predicted molar refractivity (Wildman–Crippen MR) is 67.7 cm³/mol. The molecule has 1 aliphatic rings. The first-order chi connectivity index (χ1) is 9.32. The fraction of sp³-hybridized carbons (Fsp3) is 0.500. The zero-order valence-electron chi connectivity index (χ0n) is 10.9. The van der Waals surface area contributed by atoms with E-state index >= 15 is 0 Å². The first-order valence-electron chi connectivity index (χ1n) is 6.10. The maximum Gasteiger partial charge on any atom is 0.433 e. The first-order valence-corrected chi connectivity index (χ1v) is 6.10. The summed E-state index contributed by atoms with van der Waals surface area (Å²) in [6, 6.07) is 1.99. The van der Waals surface area contributed by atoms with Gasteiger partial charge in [-0.15, -0.1) is 0 Å². The first kappa shape index (κ1) is 14.4. The zero-order chi connectivity index (χ0) is 14.9. The van der Waals surface area contributed by atoms with Crippen molar-refractivity contribution in [2.45, 2.75) is 19.0 Å². The molecule has 2 rings (SSSR count). The number of aromatic nitrogens is 1. The lowest BCUT2D eigenvalue weighted by Crippen LogP contribution is -2.27. The number of anilines is 1. The van der Waals surface area contributed by atoms with Crippen LogP contribution in [0.25, 0.3) is 0 Å². The zero-order valence-corrected chi connectivity index (χ0v) is 10.9. The largest absolute Gasteiger partial charge is 0.433 e. The summed E-state index contributed by atoms with van der Waals surface area (Å²) in [5.74, 6) is 0.280. The van der Waals surface area contributed by atoms with Crippen molar-refractivity contribution < 1.29 is 18.4 Å². The summed E-state index contributed by atoms with van der Waals surface area (Å²) in [4.78, 5) is 5.23. The average Bonchev–Trinajstić information content (AvgIpc) is 3.20. The molecule has 0 bridgehead atoms. The van der Waals surface area contributed by atoms with E-state index in [0.29, 0.717) is 12.5 Å². The van der Waals surface area contributed by atoms with Gasteiger partial charge in [0.05, 0.1) is 5.56 Å². The molecular weight excluding hydrogens is 273 g/mol. The molecule has 0 spiro atoms. The van der Waals surface area contributed by atoms with E-state index in [0.717, 1.165) is 18.9 Å². The lowest BCUT2D eigenvalue weighted by atomic mass is 10.2. The Kier molecular flexibility index (Phi) is 3.74. The molecule has 1 heterocycles. The number of nitrogens with zero attached hydrogens (tertiary/aromatic N) is 3. The Morgan fingerprint density at radius 1 is 1.50 bits per heavy atom. The summed E-state index contributed by atoms with van der Waals surface area (Å²) < 4.78 is 38.2. The van der Waals surface area contributed by atoms with Gasteiger partial charge in [0.2, 0.25) is 0 Å². The van der Waals surface area contributed by atoms with Crippen LogP contribution in [-0.2, 0) is 6.18 Å². The molecule has 8 heteroatoms. The monoisotopic (exact) mass is 288 g/mol. The van der Waals surface area contributed by atoms with Crippen molar-refractivity contribution in [1.82, 2.24) is 4.98 Å². The van der Waals surface area contributed by atoms with Crippen LogP contribution >= 0.6 is 0 Å². The minimum atomic E-state index is -4.53. The highest BCUT2D eigenvalue weighted by atomic mass is 19.4. The number of amidine groups is 1. The molecule has 5 nitrogen and oxygen atoms in total. The Balaban J connectivity index is 2.41. The van der Waals surface area contributed by atoms with E-state index in [4.69, 9.17) is 10.9 Å². The number of rotatable bonds is 4. The number of halogens is 3. The molecule has 1 fully saturated rings. The number of oxime groups is 1. The topological polar surface area (TPSA) is 74.7 Å². The maximum atomic E-state index is 12.7. The molecule has 0 saturated heterocycles. The van der Waals surface area contributed by atoms with E-state index in [-0.39, 0.29) is 17.2 Å². The average molecular weight is 288 g/mol. The van der Waals surface area contributed by atoms with E-state index in [9.17, 15) is 13.2 Å².